The number of hydrogen-bond acceptors (Lipinski definition) is 3. The molecular formula is C20H26O4. The second kappa shape index (κ2) is 7.12. The van der Waals surface area contributed by atoms with E-state index in [-0.39, 0.29) is 28.9 Å². The number of aromatic hydroxyl groups is 2. The Morgan fingerprint density at radius 3 is 2.58 bits per heavy atom. The highest BCUT2D eigenvalue weighted by atomic mass is 16.4. The third-order valence-corrected chi connectivity index (χ3v) is 4.85. The number of phenols is 2. The molecule has 2 rings (SSSR count). The first-order chi connectivity index (χ1) is 11.3. The molecule has 0 bridgehead atoms. The predicted molar refractivity (Wildman–Crippen MR) is 94.8 cm³/mol. The molecule has 1 unspecified atom stereocenters. The quantitative estimate of drug-likeness (QED) is 0.680. The number of benzene rings is 1. The molecule has 1 aliphatic carbocycles. The third kappa shape index (κ3) is 3.32. The topological polar surface area (TPSA) is 77.8 Å². The van der Waals surface area contributed by atoms with Gasteiger partial charge in [0.15, 0.2) is 0 Å². The lowest BCUT2D eigenvalue weighted by Crippen LogP contribution is -2.18. The standard InChI is InChI=1S/C20H26O4/c1-5-6-13-10-16(21)18(19(22)17(13)20(23)24)15-9-12(4)7-8-14(15)11(2)3/h9-10,14-15,21-22H,2,5-8H2,1,3-4H3,(H,23,24)/t14-,15?/m0/s1. The van der Waals surface area contributed by atoms with Crippen molar-refractivity contribution in [3.8, 4) is 11.5 Å². The molecule has 0 fully saturated rings. The molecule has 0 saturated heterocycles. The van der Waals surface area contributed by atoms with Crippen LogP contribution in [0.4, 0.5) is 0 Å². The van der Waals surface area contributed by atoms with Crippen LogP contribution < -0.4 is 0 Å². The van der Waals surface area contributed by atoms with Gasteiger partial charge >= 0.3 is 5.97 Å². The van der Waals surface area contributed by atoms with Crippen LogP contribution in [0.25, 0.3) is 0 Å². The number of hydrogen-bond donors (Lipinski definition) is 3. The van der Waals surface area contributed by atoms with Gasteiger partial charge in [0.25, 0.3) is 0 Å². The Labute approximate surface area is 143 Å². The molecule has 0 aliphatic heterocycles. The van der Waals surface area contributed by atoms with Gasteiger partial charge < -0.3 is 15.3 Å². The molecule has 3 N–H and O–H groups in total. The average molecular weight is 330 g/mol. The van der Waals surface area contributed by atoms with Crippen molar-refractivity contribution in [3.05, 3.63) is 46.6 Å². The number of carbonyl (C=O) groups is 1. The number of aryl methyl sites for hydroxylation is 1. The van der Waals surface area contributed by atoms with Crippen LogP contribution in [0.5, 0.6) is 11.5 Å². The fourth-order valence-corrected chi connectivity index (χ4v) is 3.66. The highest BCUT2D eigenvalue weighted by Crippen LogP contribution is 2.48. The van der Waals surface area contributed by atoms with Gasteiger partial charge in [-0.15, -0.1) is 0 Å². The Balaban J connectivity index is 2.68. The SMILES string of the molecule is C=C(C)[C@@H]1CCC(C)=CC1c1c(O)cc(CCC)c(C(=O)O)c1O. The Kier molecular flexibility index (Phi) is 5.37. The minimum Gasteiger partial charge on any atom is -0.507 e. The fourth-order valence-electron chi connectivity index (χ4n) is 3.66. The van der Waals surface area contributed by atoms with E-state index in [9.17, 15) is 20.1 Å². The van der Waals surface area contributed by atoms with Crippen LogP contribution in [0.1, 0.15) is 67.4 Å². The Morgan fingerprint density at radius 2 is 2.04 bits per heavy atom. The molecule has 4 nitrogen and oxygen atoms in total. The van der Waals surface area contributed by atoms with Gasteiger partial charge in [-0.3, -0.25) is 0 Å². The number of phenolic OH excluding ortho intramolecular Hbond substituents is 1. The average Bonchev–Trinajstić information content (AvgIpc) is 2.46. The van der Waals surface area contributed by atoms with E-state index >= 15 is 0 Å². The van der Waals surface area contributed by atoms with Crippen molar-refractivity contribution in [2.75, 3.05) is 0 Å². The lowest BCUT2D eigenvalue weighted by molar-refractivity contribution is 0.0692. The number of allylic oxidation sites excluding steroid dienone is 3. The van der Waals surface area contributed by atoms with Gasteiger partial charge in [-0.1, -0.05) is 37.1 Å². The van der Waals surface area contributed by atoms with Gasteiger partial charge in [-0.25, -0.2) is 4.79 Å². The van der Waals surface area contributed by atoms with E-state index < -0.39 is 5.97 Å². The molecule has 0 heterocycles. The number of rotatable bonds is 5. The maximum absolute atomic E-state index is 11.7. The van der Waals surface area contributed by atoms with Gasteiger partial charge in [0.2, 0.25) is 0 Å². The molecule has 0 spiro atoms. The van der Waals surface area contributed by atoms with Crippen molar-refractivity contribution in [2.24, 2.45) is 5.92 Å². The molecule has 1 aromatic rings. The first-order valence-electron chi connectivity index (χ1n) is 8.41. The minimum absolute atomic E-state index is 0.0387. The molecule has 0 amide bonds. The summed E-state index contributed by atoms with van der Waals surface area (Å²) in [5.74, 6) is -1.70. The molecule has 24 heavy (non-hydrogen) atoms. The van der Waals surface area contributed by atoms with Crippen molar-refractivity contribution in [1.82, 2.24) is 0 Å². The normalized spacial score (nSPS) is 20.5. The molecule has 2 atom stereocenters. The summed E-state index contributed by atoms with van der Waals surface area (Å²) in [7, 11) is 0. The molecule has 0 radical (unpaired) electrons. The molecular weight excluding hydrogens is 304 g/mol. The Hall–Kier alpha value is -2.23. The highest BCUT2D eigenvalue weighted by molar-refractivity contribution is 5.94. The van der Waals surface area contributed by atoms with Crippen molar-refractivity contribution >= 4 is 5.97 Å². The van der Waals surface area contributed by atoms with Crippen molar-refractivity contribution < 1.29 is 20.1 Å². The zero-order valence-electron chi connectivity index (χ0n) is 14.6. The predicted octanol–water partition coefficient (Wildman–Crippen LogP) is 4.76. The second-order valence-corrected chi connectivity index (χ2v) is 6.78. The summed E-state index contributed by atoms with van der Waals surface area (Å²) < 4.78 is 0. The summed E-state index contributed by atoms with van der Waals surface area (Å²) in [4.78, 5) is 11.7. The minimum atomic E-state index is -1.17. The number of carboxylic acid groups (broad SMARTS) is 1. The maximum Gasteiger partial charge on any atom is 0.339 e. The van der Waals surface area contributed by atoms with Crippen molar-refractivity contribution in [2.45, 2.75) is 52.4 Å². The number of aromatic carboxylic acids is 1. The van der Waals surface area contributed by atoms with E-state index in [1.54, 1.807) is 0 Å². The van der Waals surface area contributed by atoms with Crippen LogP contribution in [0.2, 0.25) is 0 Å². The first-order valence-corrected chi connectivity index (χ1v) is 8.41. The van der Waals surface area contributed by atoms with E-state index in [2.05, 4.69) is 6.58 Å². The highest BCUT2D eigenvalue weighted by Gasteiger charge is 2.32. The summed E-state index contributed by atoms with van der Waals surface area (Å²) in [6.07, 6.45) is 5.06. The van der Waals surface area contributed by atoms with Crippen molar-refractivity contribution in [1.29, 1.82) is 0 Å². The molecule has 4 heteroatoms. The summed E-state index contributed by atoms with van der Waals surface area (Å²) >= 11 is 0. The van der Waals surface area contributed by atoms with Gasteiger partial charge in [0, 0.05) is 11.5 Å². The van der Waals surface area contributed by atoms with Gasteiger partial charge in [-0.2, -0.15) is 0 Å². The van der Waals surface area contributed by atoms with Crippen LogP contribution in [-0.2, 0) is 6.42 Å². The summed E-state index contributed by atoms with van der Waals surface area (Å²) in [6, 6.07) is 1.50. The summed E-state index contributed by atoms with van der Waals surface area (Å²) in [5, 5.41) is 30.8. The van der Waals surface area contributed by atoms with Gasteiger partial charge in [0.05, 0.1) is 0 Å². The maximum atomic E-state index is 11.7. The van der Waals surface area contributed by atoms with Crippen LogP contribution in [-0.4, -0.2) is 21.3 Å². The zero-order chi connectivity index (χ0) is 18.0. The van der Waals surface area contributed by atoms with Crippen LogP contribution in [0, 0.1) is 5.92 Å². The molecule has 1 aromatic carbocycles. The molecule has 0 aromatic heterocycles. The molecule has 0 saturated carbocycles. The summed E-state index contributed by atoms with van der Waals surface area (Å²) in [5.41, 5.74) is 2.82. The van der Waals surface area contributed by atoms with Gasteiger partial charge in [0.1, 0.15) is 17.1 Å². The second-order valence-electron chi connectivity index (χ2n) is 6.78. The third-order valence-electron chi connectivity index (χ3n) is 4.85. The monoisotopic (exact) mass is 330 g/mol. The largest absolute Gasteiger partial charge is 0.507 e. The van der Waals surface area contributed by atoms with E-state index in [0.717, 1.165) is 24.8 Å². The van der Waals surface area contributed by atoms with Crippen molar-refractivity contribution in [3.63, 3.8) is 0 Å². The summed E-state index contributed by atoms with van der Waals surface area (Å²) in [6.45, 7) is 9.91. The smallest absolute Gasteiger partial charge is 0.339 e. The van der Waals surface area contributed by atoms with Crippen LogP contribution in [0.15, 0.2) is 29.9 Å². The van der Waals surface area contributed by atoms with E-state index in [0.29, 0.717) is 17.5 Å². The van der Waals surface area contributed by atoms with Crippen LogP contribution >= 0.6 is 0 Å². The Morgan fingerprint density at radius 1 is 1.38 bits per heavy atom. The van der Waals surface area contributed by atoms with Crippen LogP contribution in [0.3, 0.4) is 0 Å². The van der Waals surface area contributed by atoms with E-state index in [1.807, 2.05) is 26.8 Å². The molecule has 1 aliphatic rings. The zero-order valence-corrected chi connectivity index (χ0v) is 14.6. The molecule has 130 valence electrons. The lowest BCUT2D eigenvalue weighted by Gasteiger charge is -2.32. The number of carboxylic acids is 1. The van der Waals surface area contributed by atoms with E-state index in [4.69, 9.17) is 0 Å². The first kappa shape index (κ1) is 18.1. The van der Waals surface area contributed by atoms with Gasteiger partial charge in [-0.05, 0) is 50.7 Å². The van der Waals surface area contributed by atoms with E-state index in [1.165, 1.54) is 11.6 Å². The fraction of sp³-hybridized carbons (Fsp3) is 0.450. The lowest BCUT2D eigenvalue weighted by atomic mass is 9.73. The Bertz CT molecular complexity index is 700.